The Bertz CT molecular complexity index is 898. The summed E-state index contributed by atoms with van der Waals surface area (Å²) in [5.74, 6) is -0.259. The smallest absolute Gasteiger partial charge is 0.271 e. The molecule has 6 heteroatoms. The van der Waals surface area contributed by atoms with Gasteiger partial charge in [0, 0.05) is 36.4 Å². The van der Waals surface area contributed by atoms with Gasteiger partial charge in [-0.25, -0.2) is 4.39 Å². The molecule has 0 spiro atoms. The quantitative estimate of drug-likeness (QED) is 0.786. The van der Waals surface area contributed by atoms with E-state index in [2.05, 4.69) is 10.4 Å². The van der Waals surface area contributed by atoms with Crippen LogP contribution in [0.25, 0.3) is 5.69 Å². The molecule has 1 saturated carbocycles. The van der Waals surface area contributed by atoms with Gasteiger partial charge in [-0.05, 0) is 52.0 Å². The highest BCUT2D eigenvalue weighted by Gasteiger charge is 2.45. The predicted octanol–water partition coefficient (Wildman–Crippen LogP) is 3.78. The van der Waals surface area contributed by atoms with Crippen LogP contribution in [0, 0.1) is 11.6 Å². The fourth-order valence-electron chi connectivity index (χ4n) is 4.62. The number of halogens is 2. The third-order valence-electron chi connectivity index (χ3n) is 5.61. The second kappa shape index (κ2) is 6.43. The van der Waals surface area contributed by atoms with Crippen molar-refractivity contribution >= 4 is 5.91 Å². The number of benzene rings is 1. The van der Waals surface area contributed by atoms with Gasteiger partial charge in [-0.1, -0.05) is 4.68 Å². The second-order valence-corrected chi connectivity index (χ2v) is 8.82. The Hall–Kier alpha value is -2.24. The molecule has 2 bridgehead atoms. The lowest BCUT2D eigenvalue weighted by Crippen LogP contribution is -2.42. The van der Waals surface area contributed by atoms with Crippen molar-refractivity contribution in [3.05, 3.63) is 46.8 Å². The number of nitrogens with one attached hydrogen (secondary N) is 2. The molecule has 1 heterocycles. The van der Waals surface area contributed by atoms with Gasteiger partial charge in [-0.3, -0.25) is 4.79 Å². The summed E-state index contributed by atoms with van der Waals surface area (Å²) in [5.41, 5.74) is 3.39. The molecule has 144 valence electrons. The molecule has 2 aliphatic rings. The van der Waals surface area contributed by atoms with E-state index < -0.39 is 11.6 Å². The molecule has 2 aliphatic carbocycles. The van der Waals surface area contributed by atoms with Crippen LogP contribution in [0.2, 0.25) is 0 Å². The Kier molecular flexibility index (Phi) is 4.32. The maximum atomic E-state index is 14.5. The zero-order chi connectivity index (χ0) is 19.3. The number of amides is 1. The van der Waals surface area contributed by atoms with E-state index in [0.29, 0.717) is 30.4 Å². The number of aromatic nitrogens is 2. The average molecular weight is 374 g/mol. The van der Waals surface area contributed by atoms with Crippen LogP contribution in [0.4, 0.5) is 8.78 Å². The van der Waals surface area contributed by atoms with Crippen LogP contribution >= 0.6 is 0 Å². The molecule has 0 radical (unpaired) electrons. The number of hydrogen-bond donors (Lipinski definition) is 2. The zero-order valence-corrected chi connectivity index (χ0v) is 16.0. The molecule has 1 fully saturated rings. The molecule has 0 aliphatic heterocycles. The lowest BCUT2D eigenvalue weighted by Gasteiger charge is -2.20. The SMILES string of the molecule is CC(C)(C)NC(=O)CCc1c2c([nH][n+]1-c1ccc(F)cc1F)C1CCC2C1. The van der Waals surface area contributed by atoms with Gasteiger partial charge in [0.15, 0.2) is 5.82 Å². The van der Waals surface area contributed by atoms with Gasteiger partial charge in [-0.2, -0.15) is 9.49 Å². The normalized spacial score (nSPS) is 20.8. The van der Waals surface area contributed by atoms with Crippen molar-refractivity contribution in [2.45, 2.75) is 70.3 Å². The van der Waals surface area contributed by atoms with Crippen molar-refractivity contribution in [2.75, 3.05) is 0 Å². The third-order valence-corrected chi connectivity index (χ3v) is 5.61. The molecule has 27 heavy (non-hydrogen) atoms. The molecule has 4 nitrogen and oxygen atoms in total. The van der Waals surface area contributed by atoms with Crippen LogP contribution in [0.3, 0.4) is 0 Å². The Balaban J connectivity index is 1.69. The number of carbonyl (C=O) groups excluding carboxylic acids is 1. The summed E-state index contributed by atoms with van der Waals surface area (Å²) in [7, 11) is 0. The van der Waals surface area contributed by atoms with Gasteiger partial charge in [0.25, 0.3) is 5.69 Å². The molecule has 2 aromatic rings. The number of nitrogens with zero attached hydrogens (tertiary/aromatic N) is 1. The predicted molar refractivity (Wildman–Crippen MR) is 97.8 cm³/mol. The third kappa shape index (κ3) is 3.37. The van der Waals surface area contributed by atoms with Crippen LogP contribution in [-0.2, 0) is 11.2 Å². The maximum absolute atomic E-state index is 14.5. The van der Waals surface area contributed by atoms with E-state index in [0.717, 1.165) is 31.0 Å². The molecular weight excluding hydrogens is 348 g/mol. The van der Waals surface area contributed by atoms with E-state index in [1.54, 1.807) is 4.68 Å². The fraction of sp³-hybridized carbons (Fsp3) is 0.524. The molecule has 1 amide bonds. The molecule has 0 saturated heterocycles. The molecule has 2 N–H and O–H groups in total. The van der Waals surface area contributed by atoms with Crippen LogP contribution in [-0.4, -0.2) is 16.5 Å². The summed E-state index contributed by atoms with van der Waals surface area (Å²) < 4.78 is 29.5. The van der Waals surface area contributed by atoms with Crippen molar-refractivity contribution in [1.82, 2.24) is 10.4 Å². The minimum absolute atomic E-state index is 0.0215. The monoisotopic (exact) mass is 374 g/mol. The second-order valence-electron chi connectivity index (χ2n) is 8.82. The van der Waals surface area contributed by atoms with Crippen molar-refractivity contribution in [3.8, 4) is 5.69 Å². The fourth-order valence-corrected chi connectivity index (χ4v) is 4.62. The van der Waals surface area contributed by atoms with Crippen LogP contribution < -0.4 is 10.00 Å². The molecule has 1 aromatic heterocycles. The summed E-state index contributed by atoms with van der Waals surface area (Å²) in [6.07, 6.45) is 4.28. The number of aromatic amines is 1. The number of H-pyrrole nitrogens is 1. The molecule has 2 atom stereocenters. The van der Waals surface area contributed by atoms with Crippen molar-refractivity contribution < 1.29 is 18.3 Å². The van der Waals surface area contributed by atoms with Gasteiger partial charge in [-0.15, -0.1) is 0 Å². The molecular formula is C21H26F2N3O+. The minimum atomic E-state index is -0.604. The van der Waals surface area contributed by atoms with E-state index in [-0.39, 0.29) is 11.4 Å². The maximum Gasteiger partial charge on any atom is 0.271 e. The first-order valence-electron chi connectivity index (χ1n) is 9.66. The van der Waals surface area contributed by atoms with E-state index in [1.807, 2.05) is 20.8 Å². The topological polar surface area (TPSA) is 48.8 Å². The first-order chi connectivity index (χ1) is 12.7. The summed E-state index contributed by atoms with van der Waals surface area (Å²) >= 11 is 0. The summed E-state index contributed by atoms with van der Waals surface area (Å²) in [4.78, 5) is 12.3. The lowest BCUT2D eigenvalue weighted by atomic mass is 9.94. The zero-order valence-electron chi connectivity index (χ0n) is 16.0. The van der Waals surface area contributed by atoms with Gasteiger partial charge in [0.1, 0.15) is 5.82 Å². The standard InChI is InChI=1S/C21H25F2N3O/c1-21(2,3)24-18(27)9-8-17-19-12-4-5-13(10-12)20(19)25-26(17)16-7-6-14(22)11-15(16)23/h6-7,11-13H,4-5,8-10H2,1-3H3,(H,24,27)/p+1. The summed E-state index contributed by atoms with van der Waals surface area (Å²) in [6.45, 7) is 5.85. The van der Waals surface area contributed by atoms with Crippen LogP contribution in [0.5, 0.6) is 0 Å². The Morgan fingerprint density at radius 1 is 1.26 bits per heavy atom. The van der Waals surface area contributed by atoms with E-state index >= 15 is 0 Å². The van der Waals surface area contributed by atoms with Crippen LogP contribution in [0.1, 0.15) is 75.2 Å². The number of fused-ring (bicyclic) bond motifs is 5. The number of carbonyl (C=O) groups is 1. The highest BCUT2D eigenvalue weighted by atomic mass is 19.1. The molecule has 1 aromatic carbocycles. The Morgan fingerprint density at radius 3 is 2.70 bits per heavy atom. The average Bonchev–Trinajstić information content (AvgIpc) is 3.23. The van der Waals surface area contributed by atoms with E-state index in [4.69, 9.17) is 0 Å². The van der Waals surface area contributed by atoms with Crippen molar-refractivity contribution in [2.24, 2.45) is 0 Å². The number of hydrogen-bond acceptors (Lipinski definition) is 1. The number of rotatable bonds is 4. The minimum Gasteiger partial charge on any atom is -0.351 e. The van der Waals surface area contributed by atoms with Gasteiger partial charge < -0.3 is 5.32 Å². The largest absolute Gasteiger partial charge is 0.351 e. The van der Waals surface area contributed by atoms with E-state index in [9.17, 15) is 13.6 Å². The van der Waals surface area contributed by atoms with Crippen LogP contribution in [0.15, 0.2) is 18.2 Å². The van der Waals surface area contributed by atoms with E-state index in [1.165, 1.54) is 23.4 Å². The Labute approximate surface area is 158 Å². The highest BCUT2D eigenvalue weighted by molar-refractivity contribution is 5.76. The molecule has 4 rings (SSSR count). The summed E-state index contributed by atoms with van der Waals surface area (Å²) in [5, 5.41) is 6.34. The Morgan fingerprint density at radius 2 is 2.00 bits per heavy atom. The van der Waals surface area contributed by atoms with Gasteiger partial charge in [0.05, 0.1) is 11.3 Å². The summed E-state index contributed by atoms with van der Waals surface area (Å²) in [6, 6.07) is 3.62. The first kappa shape index (κ1) is 18.1. The molecule has 2 unspecified atom stereocenters. The van der Waals surface area contributed by atoms with Crippen molar-refractivity contribution in [1.29, 1.82) is 0 Å². The lowest BCUT2D eigenvalue weighted by molar-refractivity contribution is -0.665. The highest BCUT2D eigenvalue weighted by Crippen LogP contribution is 2.53. The van der Waals surface area contributed by atoms with Crippen molar-refractivity contribution in [3.63, 3.8) is 0 Å². The van der Waals surface area contributed by atoms with Gasteiger partial charge in [0.2, 0.25) is 11.6 Å². The first-order valence-corrected chi connectivity index (χ1v) is 9.66. The van der Waals surface area contributed by atoms with Gasteiger partial charge >= 0.3 is 0 Å².